The van der Waals surface area contributed by atoms with E-state index in [9.17, 15) is 0 Å². The molecule has 0 atom stereocenters. The van der Waals surface area contributed by atoms with E-state index in [0.717, 1.165) is 67.7 Å². The van der Waals surface area contributed by atoms with Crippen LogP contribution in [0, 0.1) is 0 Å². The number of rotatable bonds is 8. The van der Waals surface area contributed by atoms with E-state index in [1.165, 1.54) is 0 Å². The summed E-state index contributed by atoms with van der Waals surface area (Å²) in [5.74, 6) is 1.63. The molecule has 0 spiro atoms. The molecule has 2 aromatic heterocycles. The number of hydrogen-bond acceptors (Lipinski definition) is 4. The first-order valence-electron chi connectivity index (χ1n) is 14.4. The van der Waals surface area contributed by atoms with Crippen LogP contribution in [-0.2, 0) is 5.41 Å². The lowest BCUT2D eigenvalue weighted by molar-refractivity contribution is 0.415. The van der Waals surface area contributed by atoms with Crippen molar-refractivity contribution in [2.75, 3.05) is 14.2 Å². The first-order chi connectivity index (χ1) is 21.0. The fourth-order valence-corrected chi connectivity index (χ4v) is 5.38. The second-order valence-corrected chi connectivity index (χ2v) is 11.0. The zero-order chi connectivity index (χ0) is 29.8. The van der Waals surface area contributed by atoms with Gasteiger partial charge in [0.05, 0.1) is 37.0 Å². The van der Waals surface area contributed by atoms with Crippen LogP contribution in [0.25, 0.3) is 44.8 Å². The van der Waals surface area contributed by atoms with E-state index in [4.69, 9.17) is 19.4 Å². The Morgan fingerprint density at radius 1 is 0.419 bits per heavy atom. The van der Waals surface area contributed by atoms with Crippen LogP contribution in [0.1, 0.15) is 25.2 Å². The normalized spacial score (nSPS) is 11.3. The van der Waals surface area contributed by atoms with Crippen molar-refractivity contribution in [1.29, 1.82) is 0 Å². The van der Waals surface area contributed by atoms with Gasteiger partial charge < -0.3 is 9.47 Å². The van der Waals surface area contributed by atoms with E-state index in [2.05, 4.69) is 111 Å². The zero-order valence-electron chi connectivity index (χ0n) is 24.9. The number of aromatic nitrogens is 2. The molecule has 0 aliphatic rings. The first-order valence-corrected chi connectivity index (χ1v) is 14.4. The molecule has 212 valence electrons. The molecular formula is C39H34N2O2. The highest BCUT2D eigenvalue weighted by Crippen LogP contribution is 2.39. The van der Waals surface area contributed by atoms with E-state index in [1.807, 2.05) is 36.4 Å². The summed E-state index contributed by atoms with van der Waals surface area (Å²) in [6.07, 6.45) is 0. The monoisotopic (exact) mass is 562 g/mol. The van der Waals surface area contributed by atoms with Crippen molar-refractivity contribution >= 4 is 0 Å². The summed E-state index contributed by atoms with van der Waals surface area (Å²) in [6, 6.07) is 45.6. The molecule has 0 aliphatic heterocycles. The van der Waals surface area contributed by atoms with E-state index in [1.54, 1.807) is 14.2 Å². The van der Waals surface area contributed by atoms with Crippen LogP contribution >= 0.6 is 0 Å². The minimum absolute atomic E-state index is 0.479. The van der Waals surface area contributed by atoms with Gasteiger partial charge >= 0.3 is 0 Å². The van der Waals surface area contributed by atoms with Crippen molar-refractivity contribution in [3.05, 3.63) is 145 Å². The molecule has 4 aromatic carbocycles. The molecule has 0 amide bonds. The Hall–Kier alpha value is -5.22. The van der Waals surface area contributed by atoms with Crippen molar-refractivity contribution < 1.29 is 9.47 Å². The van der Waals surface area contributed by atoms with Crippen LogP contribution in [0.2, 0.25) is 0 Å². The highest BCUT2D eigenvalue weighted by molar-refractivity contribution is 5.82. The van der Waals surface area contributed by atoms with Crippen molar-refractivity contribution in [2.24, 2.45) is 0 Å². The fourth-order valence-electron chi connectivity index (χ4n) is 5.38. The molecule has 0 fully saturated rings. The van der Waals surface area contributed by atoms with Crippen molar-refractivity contribution in [3.63, 3.8) is 0 Å². The first kappa shape index (κ1) is 27.9. The Kier molecular flexibility index (Phi) is 7.76. The SMILES string of the molecule is COc1ccc(-c2nc(C(C)(C)c3ccc(-c4ccccc4)c(-c4ccc(OC)cc4)n3)ccc2-c2ccccc2)cc1. The Balaban J connectivity index is 1.49. The minimum atomic E-state index is -0.479. The summed E-state index contributed by atoms with van der Waals surface area (Å²) in [5.41, 5.74) is 9.73. The molecule has 4 heteroatoms. The number of methoxy groups -OCH3 is 2. The number of nitrogens with zero attached hydrogens (tertiary/aromatic N) is 2. The van der Waals surface area contributed by atoms with Crippen molar-refractivity contribution in [3.8, 4) is 56.3 Å². The lowest BCUT2D eigenvalue weighted by atomic mass is 9.83. The third-order valence-corrected chi connectivity index (χ3v) is 7.97. The Morgan fingerprint density at radius 2 is 0.791 bits per heavy atom. The number of hydrogen-bond donors (Lipinski definition) is 0. The molecule has 6 rings (SSSR count). The van der Waals surface area contributed by atoms with Gasteiger partial charge in [-0.05, 0) is 85.6 Å². The summed E-state index contributed by atoms with van der Waals surface area (Å²) in [5, 5.41) is 0. The van der Waals surface area contributed by atoms with Crippen LogP contribution < -0.4 is 9.47 Å². The third-order valence-electron chi connectivity index (χ3n) is 7.97. The Labute approximate surface area is 253 Å². The summed E-state index contributed by atoms with van der Waals surface area (Å²) in [6.45, 7) is 4.38. The lowest BCUT2D eigenvalue weighted by Crippen LogP contribution is -2.23. The van der Waals surface area contributed by atoms with Crippen LogP contribution in [-0.4, -0.2) is 24.2 Å². The highest BCUT2D eigenvalue weighted by atomic mass is 16.5. The van der Waals surface area contributed by atoms with Gasteiger partial charge in [-0.3, -0.25) is 9.97 Å². The molecule has 0 N–H and O–H groups in total. The summed E-state index contributed by atoms with van der Waals surface area (Å²) in [4.78, 5) is 10.7. The van der Waals surface area contributed by atoms with Gasteiger partial charge in [0.2, 0.25) is 0 Å². The van der Waals surface area contributed by atoms with Crippen LogP contribution in [0.4, 0.5) is 0 Å². The maximum atomic E-state index is 5.42. The lowest BCUT2D eigenvalue weighted by Gasteiger charge is -2.26. The average molecular weight is 563 g/mol. The van der Waals surface area contributed by atoms with Gasteiger partial charge in [-0.1, -0.05) is 72.8 Å². The predicted molar refractivity (Wildman–Crippen MR) is 175 cm³/mol. The molecular weight excluding hydrogens is 528 g/mol. The van der Waals surface area contributed by atoms with Gasteiger partial charge in [-0.2, -0.15) is 0 Å². The van der Waals surface area contributed by atoms with Crippen LogP contribution in [0.5, 0.6) is 11.5 Å². The topological polar surface area (TPSA) is 44.2 Å². The standard InChI is InChI=1S/C39H34N2O2/c1-39(2,35-25-23-33(27-11-7-5-8-12-27)37(40-35)29-15-19-31(42-3)20-16-29)36-26-24-34(28-13-9-6-10-14-28)38(41-36)30-17-21-32(43-4)22-18-30/h5-26H,1-4H3. The number of ether oxygens (including phenoxy) is 2. The summed E-state index contributed by atoms with van der Waals surface area (Å²) >= 11 is 0. The summed E-state index contributed by atoms with van der Waals surface area (Å²) in [7, 11) is 3.37. The zero-order valence-corrected chi connectivity index (χ0v) is 24.9. The van der Waals surface area contributed by atoms with E-state index in [-0.39, 0.29) is 0 Å². The second-order valence-electron chi connectivity index (χ2n) is 11.0. The fraction of sp³-hybridized carbons (Fsp3) is 0.128. The van der Waals surface area contributed by atoms with Gasteiger partial charge in [-0.15, -0.1) is 0 Å². The molecule has 4 nitrogen and oxygen atoms in total. The number of pyridine rings is 2. The molecule has 0 bridgehead atoms. The molecule has 0 aliphatic carbocycles. The largest absolute Gasteiger partial charge is 0.497 e. The van der Waals surface area contributed by atoms with Gasteiger partial charge in [0.25, 0.3) is 0 Å². The second kappa shape index (κ2) is 11.9. The maximum absolute atomic E-state index is 5.42. The molecule has 6 aromatic rings. The van der Waals surface area contributed by atoms with Gasteiger partial charge in [0.1, 0.15) is 11.5 Å². The van der Waals surface area contributed by atoms with E-state index < -0.39 is 5.41 Å². The quantitative estimate of drug-likeness (QED) is 0.185. The summed E-state index contributed by atoms with van der Waals surface area (Å²) < 4.78 is 10.8. The third kappa shape index (κ3) is 5.64. The Morgan fingerprint density at radius 3 is 1.14 bits per heavy atom. The molecule has 0 unspecified atom stereocenters. The van der Waals surface area contributed by atoms with Gasteiger partial charge in [0.15, 0.2) is 0 Å². The van der Waals surface area contributed by atoms with Crippen LogP contribution in [0.3, 0.4) is 0 Å². The molecule has 0 saturated heterocycles. The number of benzene rings is 4. The van der Waals surface area contributed by atoms with Crippen molar-refractivity contribution in [2.45, 2.75) is 19.3 Å². The Bertz CT molecular complexity index is 1690. The minimum Gasteiger partial charge on any atom is -0.497 e. The van der Waals surface area contributed by atoms with E-state index in [0.29, 0.717) is 0 Å². The predicted octanol–water partition coefficient (Wildman–Crippen LogP) is 9.49. The smallest absolute Gasteiger partial charge is 0.118 e. The van der Waals surface area contributed by atoms with Gasteiger partial charge in [0, 0.05) is 27.7 Å². The maximum Gasteiger partial charge on any atom is 0.118 e. The highest BCUT2D eigenvalue weighted by Gasteiger charge is 2.29. The average Bonchev–Trinajstić information content (AvgIpc) is 3.08. The molecule has 0 radical (unpaired) electrons. The van der Waals surface area contributed by atoms with Crippen molar-refractivity contribution in [1.82, 2.24) is 9.97 Å². The molecule has 0 saturated carbocycles. The van der Waals surface area contributed by atoms with Gasteiger partial charge in [-0.25, -0.2) is 0 Å². The molecule has 2 heterocycles. The van der Waals surface area contributed by atoms with E-state index >= 15 is 0 Å². The van der Waals surface area contributed by atoms with Crippen LogP contribution in [0.15, 0.2) is 133 Å². The molecule has 43 heavy (non-hydrogen) atoms.